The maximum absolute atomic E-state index is 10.4. The van der Waals surface area contributed by atoms with Crippen molar-refractivity contribution < 1.29 is 35.1 Å². The fourth-order valence-corrected chi connectivity index (χ4v) is 6.72. The summed E-state index contributed by atoms with van der Waals surface area (Å²) in [5.41, 5.74) is 10.9. The Kier molecular flexibility index (Phi) is 12.0. The van der Waals surface area contributed by atoms with E-state index in [2.05, 4.69) is 71.8 Å². The monoisotopic (exact) mass is 674 g/mol. The van der Waals surface area contributed by atoms with Gasteiger partial charge in [0.05, 0.1) is 9.79 Å². The number of nitrogens with zero attached hydrogens (tertiary/aromatic N) is 2. The van der Waals surface area contributed by atoms with Crippen LogP contribution >= 0.6 is 0 Å². The quantitative estimate of drug-likeness (QED) is 0.202. The van der Waals surface area contributed by atoms with Crippen molar-refractivity contribution in [2.45, 2.75) is 55.7 Å². The van der Waals surface area contributed by atoms with Crippen LogP contribution in [0.4, 0.5) is 0 Å². The summed E-state index contributed by atoms with van der Waals surface area (Å²) >= 11 is 0. The number of likely N-dealkylation sites (N-methyl/N-ethyl adjacent to an activating group) is 2. The predicted octanol–water partition coefficient (Wildman–Crippen LogP) is 5.33. The third-order valence-electron chi connectivity index (χ3n) is 8.46. The zero-order valence-corrected chi connectivity index (χ0v) is 29.0. The molecule has 0 amide bonds. The SMILES string of the molecule is C[N+]1=C(CCCC2=[N+](C)CCc3ccccc32)c2ccccc2CC1.Cc1ccc(S(=O)(=O)[O-])cc1.Cc1ccc(S(=O)(=O)[O-])cc1. The van der Waals surface area contributed by atoms with Gasteiger partial charge >= 0.3 is 0 Å². The fourth-order valence-electron chi connectivity index (χ4n) is 5.78. The van der Waals surface area contributed by atoms with E-state index >= 15 is 0 Å². The Hall–Kier alpha value is -3.96. The first-order chi connectivity index (χ1) is 22.2. The molecule has 0 saturated carbocycles. The van der Waals surface area contributed by atoms with Gasteiger partial charge < -0.3 is 9.11 Å². The zero-order valence-electron chi connectivity index (χ0n) is 27.3. The third kappa shape index (κ3) is 10.0. The average Bonchev–Trinajstić information content (AvgIpc) is 3.03. The highest BCUT2D eigenvalue weighted by atomic mass is 32.2. The van der Waals surface area contributed by atoms with E-state index in [0.29, 0.717) is 0 Å². The van der Waals surface area contributed by atoms with Gasteiger partial charge in [-0.25, -0.2) is 26.0 Å². The van der Waals surface area contributed by atoms with E-state index in [1.165, 1.54) is 77.2 Å². The molecule has 47 heavy (non-hydrogen) atoms. The molecule has 0 aromatic heterocycles. The second-order valence-corrected chi connectivity index (χ2v) is 14.7. The minimum atomic E-state index is -4.27. The second kappa shape index (κ2) is 15.8. The number of hydrogen-bond acceptors (Lipinski definition) is 6. The highest BCUT2D eigenvalue weighted by Gasteiger charge is 2.25. The van der Waals surface area contributed by atoms with Crippen LogP contribution in [0.2, 0.25) is 0 Å². The lowest BCUT2D eigenvalue weighted by molar-refractivity contribution is -0.499. The zero-order chi connectivity index (χ0) is 34.2. The van der Waals surface area contributed by atoms with Crippen molar-refractivity contribution in [1.82, 2.24) is 0 Å². The number of aryl methyl sites for hydroxylation is 2. The number of fused-ring (bicyclic) bond motifs is 2. The van der Waals surface area contributed by atoms with E-state index in [4.69, 9.17) is 0 Å². The standard InChI is InChI=1S/C23H28N2.2C7H8O3S/c1-24-16-14-18-8-3-5-10-20(18)22(24)12-7-13-23-21-11-6-4-9-19(21)15-17-25(23)2;2*1-6-2-4-7(5-3-6)11(8,9)10/h3-6,8-11H,7,12-17H2,1-2H3;2*2-5H,1H3,(H,8,9,10)/q+2;;/p-2. The molecule has 10 heteroatoms. The molecule has 248 valence electrons. The van der Waals surface area contributed by atoms with Gasteiger partial charge in [-0.15, -0.1) is 0 Å². The Morgan fingerprint density at radius 3 is 1.23 bits per heavy atom. The molecule has 0 bridgehead atoms. The molecule has 2 aliphatic rings. The molecule has 6 rings (SSSR count). The Balaban J connectivity index is 0.000000188. The molecule has 0 fully saturated rings. The van der Waals surface area contributed by atoms with Gasteiger partial charge in [-0.3, -0.25) is 0 Å². The van der Waals surface area contributed by atoms with E-state index in [1.807, 2.05) is 13.8 Å². The van der Waals surface area contributed by atoms with Crippen LogP contribution in [0.25, 0.3) is 0 Å². The van der Waals surface area contributed by atoms with E-state index in [0.717, 1.165) is 37.1 Å². The van der Waals surface area contributed by atoms with Gasteiger partial charge in [0, 0.05) is 36.8 Å². The first-order valence-corrected chi connectivity index (χ1v) is 18.4. The molecule has 0 saturated heterocycles. The fraction of sp³-hybridized carbons (Fsp3) is 0.297. The molecular weight excluding hydrogens is 633 g/mol. The lowest BCUT2D eigenvalue weighted by Crippen LogP contribution is -2.29. The Labute approximate surface area is 279 Å². The van der Waals surface area contributed by atoms with Crippen molar-refractivity contribution in [3.8, 4) is 0 Å². The van der Waals surface area contributed by atoms with Gasteiger partial charge in [-0.1, -0.05) is 71.8 Å². The van der Waals surface area contributed by atoms with Crippen LogP contribution in [0.3, 0.4) is 0 Å². The molecule has 0 N–H and O–H groups in total. The molecular formula is C37H42N2O6S2. The lowest BCUT2D eigenvalue weighted by Gasteiger charge is -2.18. The van der Waals surface area contributed by atoms with E-state index in [9.17, 15) is 25.9 Å². The Morgan fingerprint density at radius 2 is 0.894 bits per heavy atom. The van der Waals surface area contributed by atoms with Crippen molar-refractivity contribution in [3.05, 3.63) is 130 Å². The summed E-state index contributed by atoms with van der Waals surface area (Å²) in [6.45, 7) is 5.93. The van der Waals surface area contributed by atoms with Gasteiger partial charge in [0.25, 0.3) is 0 Å². The molecule has 2 aliphatic heterocycles. The molecule has 8 nitrogen and oxygen atoms in total. The second-order valence-electron chi connectivity index (χ2n) is 11.9. The summed E-state index contributed by atoms with van der Waals surface area (Å²) in [5, 5.41) is 0. The summed E-state index contributed by atoms with van der Waals surface area (Å²) in [7, 11) is -4.04. The highest BCUT2D eigenvalue weighted by molar-refractivity contribution is 7.86. The van der Waals surface area contributed by atoms with Crippen LogP contribution in [-0.4, -0.2) is 73.7 Å². The van der Waals surface area contributed by atoms with E-state index in [-0.39, 0.29) is 9.79 Å². The van der Waals surface area contributed by atoms with Crippen molar-refractivity contribution in [2.24, 2.45) is 0 Å². The van der Waals surface area contributed by atoms with Gasteiger partial charge in [-0.05, 0) is 67.8 Å². The first-order valence-electron chi connectivity index (χ1n) is 15.6. The normalized spacial score (nSPS) is 14.3. The van der Waals surface area contributed by atoms with Gasteiger partial charge in [0.15, 0.2) is 11.4 Å². The lowest BCUT2D eigenvalue weighted by atomic mass is 9.91. The molecule has 0 atom stereocenters. The Bertz CT molecular complexity index is 1840. The van der Waals surface area contributed by atoms with Crippen LogP contribution in [0.15, 0.2) is 107 Å². The molecule has 0 aliphatic carbocycles. The summed E-state index contributed by atoms with van der Waals surface area (Å²) in [5.74, 6) is 0. The minimum absolute atomic E-state index is 0.178. The molecule has 2 heterocycles. The van der Waals surface area contributed by atoms with Gasteiger partial charge in [0.2, 0.25) is 0 Å². The number of rotatable bonds is 6. The van der Waals surface area contributed by atoms with Crippen LogP contribution in [0.5, 0.6) is 0 Å². The maximum Gasteiger partial charge on any atom is 0.183 e. The smallest absolute Gasteiger partial charge is 0.183 e. The number of benzene rings is 4. The highest BCUT2D eigenvalue weighted by Crippen LogP contribution is 2.21. The Morgan fingerprint density at radius 1 is 0.553 bits per heavy atom. The molecule has 4 aromatic rings. The van der Waals surface area contributed by atoms with Crippen molar-refractivity contribution >= 4 is 31.7 Å². The average molecular weight is 675 g/mol. The molecule has 4 aromatic carbocycles. The first kappa shape index (κ1) is 35.9. The summed E-state index contributed by atoms with van der Waals surface area (Å²) < 4.78 is 67.3. The van der Waals surface area contributed by atoms with Crippen molar-refractivity contribution in [2.75, 3.05) is 27.2 Å². The maximum atomic E-state index is 10.4. The predicted molar refractivity (Wildman–Crippen MR) is 183 cm³/mol. The van der Waals surface area contributed by atoms with Crippen molar-refractivity contribution in [3.63, 3.8) is 0 Å². The largest absolute Gasteiger partial charge is 0.744 e. The van der Waals surface area contributed by atoms with Gasteiger partial charge in [0.1, 0.15) is 47.4 Å². The molecule has 0 radical (unpaired) electrons. The topological polar surface area (TPSA) is 120 Å². The van der Waals surface area contributed by atoms with E-state index in [1.54, 1.807) is 24.3 Å². The van der Waals surface area contributed by atoms with Crippen molar-refractivity contribution in [1.29, 1.82) is 0 Å². The van der Waals surface area contributed by atoms with Crippen LogP contribution in [0, 0.1) is 13.8 Å². The van der Waals surface area contributed by atoms with Crippen LogP contribution in [0.1, 0.15) is 52.6 Å². The molecule has 0 unspecified atom stereocenters. The van der Waals surface area contributed by atoms with E-state index < -0.39 is 20.2 Å². The number of hydrogen-bond donors (Lipinski definition) is 0. The minimum Gasteiger partial charge on any atom is -0.744 e. The molecule has 0 spiro atoms. The van der Waals surface area contributed by atoms with Crippen LogP contribution in [-0.2, 0) is 33.1 Å². The summed E-state index contributed by atoms with van der Waals surface area (Å²) in [4.78, 5) is -0.355. The van der Waals surface area contributed by atoms with Crippen LogP contribution < -0.4 is 0 Å². The van der Waals surface area contributed by atoms with Gasteiger partial charge in [-0.2, -0.15) is 0 Å². The summed E-state index contributed by atoms with van der Waals surface area (Å²) in [6, 6.07) is 29.5. The summed E-state index contributed by atoms with van der Waals surface area (Å²) in [6.07, 6.45) is 5.87. The third-order valence-corrected chi connectivity index (χ3v) is 10.2.